The van der Waals surface area contributed by atoms with Crippen LogP contribution in [0.25, 0.3) is 0 Å². The number of rotatable bonds is 5. The van der Waals surface area contributed by atoms with Crippen LogP contribution in [0.4, 0.5) is 15.8 Å². The molecule has 0 atom stereocenters. The standard InChI is InChI=1S/C14H19FN2O3S/c15-12-6-5-10(9-13(12)16)17-14(18)7-8-21(19,20)11-3-1-2-4-11/h5-6,9,11H,1-4,7-8,16H2,(H,17,18). The van der Waals surface area contributed by atoms with Gasteiger partial charge in [0.2, 0.25) is 5.91 Å². The molecule has 1 amide bonds. The minimum Gasteiger partial charge on any atom is -0.396 e. The monoisotopic (exact) mass is 314 g/mol. The molecule has 2 rings (SSSR count). The lowest BCUT2D eigenvalue weighted by Crippen LogP contribution is -2.24. The highest BCUT2D eigenvalue weighted by Gasteiger charge is 2.28. The number of hydrogen-bond donors (Lipinski definition) is 2. The van der Waals surface area contributed by atoms with Gasteiger partial charge in [-0.3, -0.25) is 4.79 Å². The number of carbonyl (C=O) groups is 1. The third-order valence-electron chi connectivity index (χ3n) is 3.70. The number of sulfone groups is 1. The Labute approximate surface area is 123 Å². The van der Waals surface area contributed by atoms with Gasteiger partial charge in [0.25, 0.3) is 0 Å². The average molecular weight is 314 g/mol. The molecule has 7 heteroatoms. The minimum atomic E-state index is -3.21. The van der Waals surface area contributed by atoms with E-state index in [1.165, 1.54) is 12.1 Å². The summed E-state index contributed by atoms with van der Waals surface area (Å²) in [6.45, 7) is 0. The first-order valence-electron chi connectivity index (χ1n) is 6.95. The number of halogens is 1. The van der Waals surface area contributed by atoms with Crippen LogP contribution in [-0.4, -0.2) is 25.3 Å². The Kier molecular flexibility index (Phi) is 4.82. The Balaban J connectivity index is 1.88. The van der Waals surface area contributed by atoms with E-state index in [2.05, 4.69) is 5.32 Å². The molecule has 0 saturated heterocycles. The second-order valence-electron chi connectivity index (χ2n) is 5.31. The number of nitrogens with one attached hydrogen (secondary N) is 1. The van der Waals surface area contributed by atoms with Crippen LogP contribution in [0, 0.1) is 5.82 Å². The quantitative estimate of drug-likeness (QED) is 0.814. The normalized spacial score (nSPS) is 16.0. The summed E-state index contributed by atoms with van der Waals surface area (Å²) >= 11 is 0. The molecule has 21 heavy (non-hydrogen) atoms. The lowest BCUT2D eigenvalue weighted by molar-refractivity contribution is -0.115. The maximum absolute atomic E-state index is 13.0. The largest absolute Gasteiger partial charge is 0.396 e. The number of hydrogen-bond acceptors (Lipinski definition) is 4. The molecule has 116 valence electrons. The summed E-state index contributed by atoms with van der Waals surface area (Å²) in [6, 6.07) is 3.84. The van der Waals surface area contributed by atoms with Gasteiger partial charge in [-0.1, -0.05) is 12.8 Å². The van der Waals surface area contributed by atoms with E-state index in [4.69, 9.17) is 5.73 Å². The molecule has 1 aliphatic rings. The van der Waals surface area contributed by atoms with E-state index in [-0.39, 0.29) is 23.1 Å². The van der Waals surface area contributed by atoms with Crippen LogP contribution in [0.2, 0.25) is 0 Å². The zero-order chi connectivity index (χ0) is 15.5. The summed E-state index contributed by atoms with van der Waals surface area (Å²) in [7, 11) is -3.21. The highest BCUT2D eigenvalue weighted by Crippen LogP contribution is 2.25. The van der Waals surface area contributed by atoms with Gasteiger partial charge in [0.1, 0.15) is 5.82 Å². The third-order valence-corrected chi connectivity index (χ3v) is 5.96. The van der Waals surface area contributed by atoms with E-state index in [0.717, 1.165) is 18.9 Å². The van der Waals surface area contributed by atoms with Crippen molar-refractivity contribution in [1.82, 2.24) is 0 Å². The van der Waals surface area contributed by atoms with Gasteiger partial charge in [-0.2, -0.15) is 0 Å². The van der Waals surface area contributed by atoms with E-state index in [1.54, 1.807) is 0 Å². The van der Waals surface area contributed by atoms with E-state index < -0.39 is 21.6 Å². The van der Waals surface area contributed by atoms with Crippen LogP contribution in [0.3, 0.4) is 0 Å². The molecule has 1 aliphatic carbocycles. The van der Waals surface area contributed by atoms with Crippen molar-refractivity contribution >= 4 is 27.1 Å². The highest BCUT2D eigenvalue weighted by molar-refractivity contribution is 7.92. The third kappa shape index (κ3) is 4.17. The van der Waals surface area contributed by atoms with Crippen LogP contribution in [0.1, 0.15) is 32.1 Å². The van der Waals surface area contributed by atoms with Crippen molar-refractivity contribution in [2.24, 2.45) is 0 Å². The lowest BCUT2D eigenvalue weighted by Gasteiger charge is -2.11. The Morgan fingerprint density at radius 3 is 2.62 bits per heavy atom. The smallest absolute Gasteiger partial charge is 0.225 e. The summed E-state index contributed by atoms with van der Waals surface area (Å²) in [5.41, 5.74) is 5.70. The first-order valence-corrected chi connectivity index (χ1v) is 8.66. The topological polar surface area (TPSA) is 89.3 Å². The fourth-order valence-electron chi connectivity index (χ4n) is 2.49. The molecule has 0 aromatic heterocycles. The van der Waals surface area contributed by atoms with Crippen molar-refractivity contribution in [3.05, 3.63) is 24.0 Å². The predicted octanol–water partition coefficient (Wildman–Crippen LogP) is 2.09. The molecule has 1 fully saturated rings. The van der Waals surface area contributed by atoms with E-state index in [1.807, 2.05) is 0 Å². The molecule has 5 nitrogen and oxygen atoms in total. The Morgan fingerprint density at radius 2 is 2.00 bits per heavy atom. The van der Waals surface area contributed by atoms with Crippen molar-refractivity contribution in [2.75, 3.05) is 16.8 Å². The van der Waals surface area contributed by atoms with Gasteiger partial charge in [-0.05, 0) is 31.0 Å². The van der Waals surface area contributed by atoms with Crippen molar-refractivity contribution < 1.29 is 17.6 Å². The summed E-state index contributed by atoms with van der Waals surface area (Å²) in [4.78, 5) is 11.8. The Hall–Kier alpha value is -1.63. The maximum Gasteiger partial charge on any atom is 0.225 e. The van der Waals surface area contributed by atoms with Gasteiger partial charge in [-0.25, -0.2) is 12.8 Å². The van der Waals surface area contributed by atoms with E-state index in [0.29, 0.717) is 18.5 Å². The Morgan fingerprint density at radius 1 is 1.33 bits per heavy atom. The number of carbonyl (C=O) groups excluding carboxylic acids is 1. The summed E-state index contributed by atoms with van der Waals surface area (Å²) in [5, 5.41) is 2.22. The molecule has 0 unspecified atom stereocenters. The van der Waals surface area contributed by atoms with Crippen LogP contribution in [-0.2, 0) is 14.6 Å². The van der Waals surface area contributed by atoms with Gasteiger partial charge in [0, 0.05) is 12.1 Å². The molecule has 0 radical (unpaired) electrons. The average Bonchev–Trinajstić information content (AvgIpc) is 2.96. The molecule has 1 aromatic carbocycles. The summed E-state index contributed by atoms with van der Waals surface area (Å²) < 4.78 is 37.1. The predicted molar refractivity (Wildman–Crippen MR) is 80.1 cm³/mol. The SMILES string of the molecule is Nc1cc(NC(=O)CCS(=O)(=O)C2CCCC2)ccc1F. The van der Waals surface area contributed by atoms with Crippen LogP contribution >= 0.6 is 0 Å². The fraction of sp³-hybridized carbons (Fsp3) is 0.500. The van der Waals surface area contributed by atoms with Crippen molar-refractivity contribution in [3.8, 4) is 0 Å². The van der Waals surface area contributed by atoms with Crippen molar-refractivity contribution in [2.45, 2.75) is 37.4 Å². The van der Waals surface area contributed by atoms with Crippen LogP contribution in [0.15, 0.2) is 18.2 Å². The molecular formula is C14H19FN2O3S. The fourth-order valence-corrected chi connectivity index (χ4v) is 4.35. The molecule has 1 saturated carbocycles. The van der Waals surface area contributed by atoms with Gasteiger partial charge in [-0.15, -0.1) is 0 Å². The minimum absolute atomic E-state index is 0.0635. The number of anilines is 2. The molecule has 1 aromatic rings. The molecule has 0 heterocycles. The van der Waals surface area contributed by atoms with E-state index in [9.17, 15) is 17.6 Å². The number of amides is 1. The number of benzene rings is 1. The van der Waals surface area contributed by atoms with E-state index >= 15 is 0 Å². The molecular weight excluding hydrogens is 295 g/mol. The zero-order valence-electron chi connectivity index (χ0n) is 11.6. The van der Waals surface area contributed by atoms with Gasteiger partial charge >= 0.3 is 0 Å². The zero-order valence-corrected chi connectivity index (χ0v) is 12.5. The van der Waals surface area contributed by atoms with Crippen molar-refractivity contribution in [3.63, 3.8) is 0 Å². The van der Waals surface area contributed by atoms with Crippen LogP contribution in [0.5, 0.6) is 0 Å². The van der Waals surface area contributed by atoms with Gasteiger partial charge < -0.3 is 11.1 Å². The lowest BCUT2D eigenvalue weighted by atomic mass is 10.2. The maximum atomic E-state index is 13.0. The first kappa shape index (κ1) is 15.8. The number of nitrogen functional groups attached to an aromatic ring is 1. The second kappa shape index (κ2) is 6.43. The molecule has 0 aliphatic heterocycles. The van der Waals surface area contributed by atoms with Crippen LogP contribution < -0.4 is 11.1 Å². The van der Waals surface area contributed by atoms with Crippen molar-refractivity contribution in [1.29, 1.82) is 0 Å². The molecule has 0 spiro atoms. The summed E-state index contributed by atoms with van der Waals surface area (Å²) in [6.07, 6.45) is 3.16. The van der Waals surface area contributed by atoms with Gasteiger partial charge in [0.15, 0.2) is 9.84 Å². The number of nitrogens with two attached hydrogens (primary N) is 1. The summed E-state index contributed by atoms with van der Waals surface area (Å²) in [5.74, 6) is -1.13. The Bertz CT molecular complexity index is 625. The highest BCUT2D eigenvalue weighted by atomic mass is 32.2. The molecule has 3 N–H and O–H groups in total. The van der Waals surface area contributed by atoms with Gasteiger partial charge in [0.05, 0.1) is 16.7 Å². The molecule has 0 bridgehead atoms. The second-order valence-corrected chi connectivity index (χ2v) is 7.71. The first-order chi connectivity index (χ1) is 9.88.